The number of carbonyl (C=O) groups is 3. The van der Waals surface area contributed by atoms with Crippen LogP contribution >= 0.6 is 0 Å². The molecular formula is C22H28N4O3. The number of rotatable bonds is 4. The number of imide groups is 1. The lowest BCUT2D eigenvalue weighted by atomic mass is 9.96. The molecule has 3 fully saturated rings. The SMILES string of the molecule is O=C1CCC(N2Cc3cccc(CNC4CCCC5CCC4N5)c3C2=O)C(=O)N1. The van der Waals surface area contributed by atoms with E-state index >= 15 is 0 Å². The number of piperidine rings is 1. The van der Waals surface area contributed by atoms with E-state index in [-0.39, 0.29) is 24.1 Å². The van der Waals surface area contributed by atoms with Gasteiger partial charge in [-0.1, -0.05) is 24.6 Å². The first-order valence-corrected chi connectivity index (χ1v) is 10.8. The van der Waals surface area contributed by atoms with Crippen LogP contribution in [0.15, 0.2) is 18.2 Å². The molecule has 3 N–H and O–H groups in total. The van der Waals surface area contributed by atoms with Crippen LogP contribution in [0.5, 0.6) is 0 Å². The van der Waals surface area contributed by atoms with Crippen molar-refractivity contribution < 1.29 is 14.4 Å². The molecular weight excluding hydrogens is 368 g/mol. The monoisotopic (exact) mass is 396 g/mol. The molecule has 3 saturated heterocycles. The lowest BCUT2D eigenvalue weighted by Gasteiger charge is -2.29. The van der Waals surface area contributed by atoms with E-state index in [0.29, 0.717) is 37.6 Å². The van der Waals surface area contributed by atoms with Gasteiger partial charge in [0.1, 0.15) is 6.04 Å². The minimum absolute atomic E-state index is 0.0909. The van der Waals surface area contributed by atoms with Gasteiger partial charge >= 0.3 is 0 Å². The molecule has 4 atom stereocenters. The largest absolute Gasteiger partial charge is 0.322 e. The van der Waals surface area contributed by atoms with Gasteiger partial charge in [-0.25, -0.2) is 0 Å². The van der Waals surface area contributed by atoms with Gasteiger partial charge in [0.05, 0.1) is 0 Å². The number of hydrogen-bond acceptors (Lipinski definition) is 5. The van der Waals surface area contributed by atoms with E-state index < -0.39 is 6.04 Å². The van der Waals surface area contributed by atoms with Gasteiger partial charge in [-0.05, 0) is 43.2 Å². The molecule has 0 saturated carbocycles. The van der Waals surface area contributed by atoms with Crippen molar-refractivity contribution in [2.75, 3.05) is 0 Å². The summed E-state index contributed by atoms with van der Waals surface area (Å²) in [5.41, 5.74) is 2.70. The third kappa shape index (κ3) is 3.46. The molecule has 5 rings (SSSR count). The van der Waals surface area contributed by atoms with Crippen molar-refractivity contribution in [3.05, 3.63) is 34.9 Å². The van der Waals surface area contributed by atoms with Crippen LogP contribution in [0.3, 0.4) is 0 Å². The van der Waals surface area contributed by atoms with E-state index in [1.807, 2.05) is 18.2 Å². The number of nitrogens with one attached hydrogen (secondary N) is 3. The molecule has 7 heteroatoms. The summed E-state index contributed by atoms with van der Waals surface area (Å²) in [7, 11) is 0. The standard InChI is InChI=1S/C22H28N4O3/c27-19-10-9-18(21(28)25-19)26-12-14-4-1-3-13(20(14)22(26)29)11-23-16-6-2-5-15-7-8-17(16)24-15/h1,3-4,15-18,23-24H,2,5-12H2,(H,25,27,28). The summed E-state index contributed by atoms with van der Waals surface area (Å²) in [6.45, 7) is 1.09. The lowest BCUT2D eigenvalue weighted by Crippen LogP contribution is -2.52. The molecule has 4 aliphatic rings. The van der Waals surface area contributed by atoms with Gasteiger partial charge in [-0.2, -0.15) is 0 Å². The molecule has 1 aromatic rings. The van der Waals surface area contributed by atoms with Crippen molar-refractivity contribution in [1.29, 1.82) is 0 Å². The van der Waals surface area contributed by atoms with Gasteiger partial charge in [-0.15, -0.1) is 0 Å². The van der Waals surface area contributed by atoms with Crippen molar-refractivity contribution in [3.8, 4) is 0 Å². The summed E-state index contributed by atoms with van der Waals surface area (Å²) in [6, 6.07) is 7.05. The first-order chi connectivity index (χ1) is 14.1. The average Bonchev–Trinajstić information content (AvgIpc) is 3.22. The smallest absolute Gasteiger partial charge is 0.255 e. The molecule has 0 spiro atoms. The minimum Gasteiger partial charge on any atom is -0.322 e. The van der Waals surface area contributed by atoms with Crippen LogP contribution in [0, 0.1) is 0 Å². The van der Waals surface area contributed by atoms with Crippen LogP contribution in [0.2, 0.25) is 0 Å². The zero-order chi connectivity index (χ0) is 20.0. The highest BCUT2D eigenvalue weighted by atomic mass is 16.2. The quantitative estimate of drug-likeness (QED) is 0.666. The number of carbonyl (C=O) groups excluding carboxylic acids is 3. The summed E-state index contributed by atoms with van der Waals surface area (Å²) >= 11 is 0. The third-order valence-electron chi connectivity index (χ3n) is 7.02. The molecule has 1 aromatic carbocycles. The number of nitrogens with zero attached hydrogens (tertiary/aromatic N) is 1. The van der Waals surface area contributed by atoms with Crippen molar-refractivity contribution in [2.45, 2.75) is 82.2 Å². The molecule has 4 unspecified atom stereocenters. The molecule has 0 radical (unpaired) electrons. The van der Waals surface area contributed by atoms with Gasteiger partial charge in [0.25, 0.3) is 5.91 Å². The maximum absolute atomic E-state index is 13.2. The van der Waals surface area contributed by atoms with Crippen molar-refractivity contribution in [3.63, 3.8) is 0 Å². The fraction of sp³-hybridized carbons (Fsp3) is 0.591. The number of amides is 3. The Morgan fingerprint density at radius 1 is 1.07 bits per heavy atom. The molecule has 4 heterocycles. The highest BCUT2D eigenvalue weighted by Gasteiger charge is 2.40. The van der Waals surface area contributed by atoms with Crippen LogP contribution in [0.25, 0.3) is 0 Å². The topological polar surface area (TPSA) is 90.5 Å². The van der Waals surface area contributed by atoms with Crippen LogP contribution in [-0.2, 0) is 22.7 Å². The van der Waals surface area contributed by atoms with E-state index in [2.05, 4.69) is 16.0 Å². The van der Waals surface area contributed by atoms with Crippen LogP contribution in [0.4, 0.5) is 0 Å². The first-order valence-electron chi connectivity index (χ1n) is 10.8. The molecule has 7 nitrogen and oxygen atoms in total. The zero-order valence-corrected chi connectivity index (χ0v) is 16.6. The Morgan fingerprint density at radius 2 is 1.97 bits per heavy atom. The normalized spacial score (nSPS) is 31.6. The van der Waals surface area contributed by atoms with Crippen molar-refractivity contribution in [1.82, 2.24) is 20.9 Å². The predicted octanol–water partition coefficient (Wildman–Crippen LogP) is 1.21. The fourth-order valence-corrected chi connectivity index (χ4v) is 5.50. The van der Waals surface area contributed by atoms with Crippen LogP contribution in [-0.4, -0.2) is 46.8 Å². The van der Waals surface area contributed by atoms with E-state index in [9.17, 15) is 14.4 Å². The first kappa shape index (κ1) is 18.8. The summed E-state index contributed by atoms with van der Waals surface area (Å²) in [5.74, 6) is -0.708. The Labute approximate surface area is 170 Å². The Morgan fingerprint density at radius 3 is 2.83 bits per heavy atom. The Hall–Kier alpha value is -2.25. The Bertz CT molecular complexity index is 854. The van der Waals surface area contributed by atoms with Crippen molar-refractivity contribution >= 4 is 17.7 Å². The highest BCUT2D eigenvalue weighted by Crippen LogP contribution is 2.31. The van der Waals surface area contributed by atoms with Crippen LogP contribution < -0.4 is 16.0 Å². The van der Waals surface area contributed by atoms with E-state index in [1.54, 1.807) is 4.90 Å². The fourth-order valence-electron chi connectivity index (χ4n) is 5.50. The Kier molecular flexibility index (Phi) is 4.87. The second-order valence-corrected chi connectivity index (χ2v) is 8.82. The number of benzene rings is 1. The molecule has 0 aromatic heterocycles. The van der Waals surface area contributed by atoms with Gasteiger partial charge in [0.2, 0.25) is 11.8 Å². The number of fused-ring (bicyclic) bond motifs is 3. The summed E-state index contributed by atoms with van der Waals surface area (Å²) in [6.07, 6.45) is 6.83. The van der Waals surface area contributed by atoms with Gasteiger partial charge in [0, 0.05) is 43.2 Å². The Balaban J connectivity index is 1.31. The predicted molar refractivity (Wildman–Crippen MR) is 107 cm³/mol. The van der Waals surface area contributed by atoms with Gasteiger partial charge in [-0.3, -0.25) is 19.7 Å². The third-order valence-corrected chi connectivity index (χ3v) is 7.02. The van der Waals surface area contributed by atoms with Gasteiger partial charge < -0.3 is 15.5 Å². The van der Waals surface area contributed by atoms with Gasteiger partial charge in [0.15, 0.2) is 0 Å². The number of hydrogen-bond donors (Lipinski definition) is 3. The zero-order valence-electron chi connectivity index (χ0n) is 16.6. The summed E-state index contributed by atoms with van der Waals surface area (Å²) in [5, 5.41) is 9.82. The molecule has 3 amide bonds. The lowest BCUT2D eigenvalue weighted by molar-refractivity contribution is -0.136. The van der Waals surface area contributed by atoms with E-state index in [0.717, 1.165) is 16.7 Å². The summed E-state index contributed by atoms with van der Waals surface area (Å²) in [4.78, 5) is 38.5. The van der Waals surface area contributed by atoms with E-state index in [1.165, 1.54) is 32.1 Å². The maximum atomic E-state index is 13.2. The van der Waals surface area contributed by atoms with Crippen molar-refractivity contribution in [2.24, 2.45) is 0 Å². The second kappa shape index (κ2) is 7.54. The molecule has 4 aliphatic heterocycles. The molecule has 154 valence electrons. The van der Waals surface area contributed by atoms with E-state index in [4.69, 9.17) is 0 Å². The molecule has 0 aliphatic carbocycles. The summed E-state index contributed by atoms with van der Waals surface area (Å²) < 4.78 is 0. The average molecular weight is 396 g/mol. The second-order valence-electron chi connectivity index (χ2n) is 8.82. The maximum Gasteiger partial charge on any atom is 0.255 e. The molecule has 2 bridgehead atoms. The minimum atomic E-state index is -0.560. The van der Waals surface area contributed by atoms with Crippen LogP contribution in [0.1, 0.15) is 66.4 Å². The highest BCUT2D eigenvalue weighted by molar-refractivity contribution is 6.05. The molecule has 29 heavy (non-hydrogen) atoms.